The number of nitrogens with zero attached hydrogens (tertiary/aromatic N) is 3. The number of rotatable bonds is 3. The van der Waals surface area contributed by atoms with Gasteiger partial charge >= 0.3 is 0 Å². The van der Waals surface area contributed by atoms with Gasteiger partial charge in [-0.1, -0.05) is 0 Å². The Morgan fingerprint density at radius 1 is 1.35 bits per heavy atom. The molecule has 2 saturated heterocycles. The molecule has 1 aromatic heterocycles. The summed E-state index contributed by atoms with van der Waals surface area (Å²) in [6.45, 7) is 4.11. The van der Waals surface area contributed by atoms with Crippen LogP contribution in [0.2, 0.25) is 0 Å². The van der Waals surface area contributed by atoms with Crippen LogP contribution in [0.3, 0.4) is 0 Å². The van der Waals surface area contributed by atoms with E-state index >= 15 is 0 Å². The van der Waals surface area contributed by atoms with Gasteiger partial charge in [0.1, 0.15) is 0 Å². The van der Waals surface area contributed by atoms with Crippen molar-refractivity contribution < 1.29 is 14.7 Å². The molecule has 2 fully saturated rings. The molecule has 138 valence electrons. The average Bonchev–Trinajstić information content (AvgIpc) is 3.21. The van der Waals surface area contributed by atoms with E-state index in [1.807, 2.05) is 25.1 Å². The van der Waals surface area contributed by atoms with Crippen molar-refractivity contribution in [1.82, 2.24) is 14.8 Å². The second-order valence-corrected chi connectivity index (χ2v) is 8.53. The molecule has 0 aliphatic carbocycles. The third kappa shape index (κ3) is 2.89. The van der Waals surface area contributed by atoms with Crippen LogP contribution in [0.15, 0.2) is 18.2 Å². The Morgan fingerprint density at radius 3 is 3.00 bits per heavy atom. The number of amides is 2. The number of carbonyl (C=O) groups excluding carboxylic acids is 2. The van der Waals surface area contributed by atoms with Crippen molar-refractivity contribution in [3.8, 4) is 0 Å². The maximum absolute atomic E-state index is 13.0. The molecule has 6 nitrogen and oxygen atoms in total. The van der Waals surface area contributed by atoms with Crippen molar-refractivity contribution in [3.63, 3.8) is 0 Å². The first-order valence-electron chi connectivity index (χ1n) is 9.09. The first-order chi connectivity index (χ1) is 12.5. The van der Waals surface area contributed by atoms with Crippen LogP contribution in [0.4, 0.5) is 0 Å². The van der Waals surface area contributed by atoms with Crippen molar-refractivity contribution in [2.24, 2.45) is 5.41 Å². The normalized spacial score (nSPS) is 23.4. The lowest BCUT2D eigenvalue weighted by molar-refractivity contribution is -0.146. The van der Waals surface area contributed by atoms with Gasteiger partial charge in [-0.05, 0) is 44.4 Å². The number of hydrogen-bond acceptors (Lipinski definition) is 5. The quantitative estimate of drug-likeness (QED) is 0.894. The summed E-state index contributed by atoms with van der Waals surface area (Å²) < 4.78 is 1.08. The minimum Gasteiger partial charge on any atom is -0.395 e. The smallest absolute Gasteiger partial charge is 0.253 e. The number of fused-ring (bicyclic) bond motifs is 1. The number of piperidine rings is 1. The summed E-state index contributed by atoms with van der Waals surface area (Å²) in [5, 5.41) is 10.2. The summed E-state index contributed by atoms with van der Waals surface area (Å²) >= 11 is 1.62. The molecule has 1 atom stereocenters. The van der Waals surface area contributed by atoms with Gasteiger partial charge in [0.15, 0.2) is 0 Å². The van der Waals surface area contributed by atoms with Crippen LogP contribution in [0.25, 0.3) is 10.2 Å². The molecule has 0 radical (unpaired) electrons. The van der Waals surface area contributed by atoms with Crippen LogP contribution in [0.5, 0.6) is 0 Å². The Hall–Kier alpha value is -1.99. The molecule has 2 amide bonds. The van der Waals surface area contributed by atoms with E-state index in [9.17, 15) is 14.7 Å². The molecule has 2 aliphatic rings. The monoisotopic (exact) mass is 373 g/mol. The zero-order valence-corrected chi connectivity index (χ0v) is 15.7. The molecular weight excluding hydrogens is 350 g/mol. The van der Waals surface area contributed by atoms with E-state index < -0.39 is 5.41 Å². The summed E-state index contributed by atoms with van der Waals surface area (Å²) in [6, 6.07) is 5.66. The fourth-order valence-corrected chi connectivity index (χ4v) is 5.08. The highest BCUT2D eigenvalue weighted by Gasteiger charge is 2.49. The van der Waals surface area contributed by atoms with Gasteiger partial charge in [0.25, 0.3) is 5.91 Å². The summed E-state index contributed by atoms with van der Waals surface area (Å²) in [7, 11) is 0. The largest absolute Gasteiger partial charge is 0.395 e. The van der Waals surface area contributed by atoms with Crippen LogP contribution >= 0.6 is 11.3 Å². The third-order valence-electron chi connectivity index (χ3n) is 5.58. The summed E-state index contributed by atoms with van der Waals surface area (Å²) in [4.78, 5) is 33.9. The highest BCUT2D eigenvalue weighted by Crippen LogP contribution is 2.40. The first kappa shape index (κ1) is 17.4. The van der Waals surface area contributed by atoms with Crippen molar-refractivity contribution >= 4 is 33.4 Å². The minimum absolute atomic E-state index is 0.0163. The topological polar surface area (TPSA) is 73.7 Å². The molecule has 26 heavy (non-hydrogen) atoms. The van der Waals surface area contributed by atoms with Crippen LogP contribution < -0.4 is 0 Å². The maximum atomic E-state index is 13.0. The lowest BCUT2D eigenvalue weighted by Crippen LogP contribution is -2.51. The minimum atomic E-state index is -0.468. The summed E-state index contributed by atoms with van der Waals surface area (Å²) in [5.74, 6) is 0.0696. The Kier molecular flexibility index (Phi) is 4.44. The number of β-amino-alcohol motifs (C(OH)–C–C–N with tert-alkyl or cyclic N) is 1. The standard InChI is InChI=1S/C19H23N3O3S/c1-13-20-15-11-14(3-4-16(15)26-13)17(24)22-8-6-19(12-22)5-2-7-21(9-10-23)18(19)25/h3-4,11,23H,2,5-10,12H2,1H3/t19-/m1/s1. The molecule has 3 heterocycles. The number of aliphatic hydroxyl groups is 1. The van der Waals surface area contributed by atoms with Gasteiger partial charge in [-0.2, -0.15) is 0 Å². The van der Waals surface area contributed by atoms with Gasteiger partial charge in [0.2, 0.25) is 5.91 Å². The Bertz CT molecular complexity index is 863. The van der Waals surface area contributed by atoms with Crippen LogP contribution in [0, 0.1) is 12.3 Å². The number of hydrogen-bond donors (Lipinski definition) is 1. The van der Waals surface area contributed by atoms with Gasteiger partial charge in [-0.25, -0.2) is 4.98 Å². The fourth-order valence-electron chi connectivity index (χ4n) is 4.27. The second kappa shape index (κ2) is 6.63. The van der Waals surface area contributed by atoms with E-state index in [2.05, 4.69) is 4.98 Å². The zero-order valence-electron chi connectivity index (χ0n) is 14.9. The molecule has 1 N–H and O–H groups in total. The lowest BCUT2D eigenvalue weighted by Gasteiger charge is -2.39. The number of carbonyl (C=O) groups is 2. The van der Waals surface area contributed by atoms with Gasteiger partial charge in [-0.3, -0.25) is 9.59 Å². The molecule has 0 unspecified atom stereocenters. The van der Waals surface area contributed by atoms with Crippen LogP contribution in [-0.2, 0) is 4.79 Å². The number of aliphatic hydroxyl groups excluding tert-OH is 1. The first-order valence-corrected chi connectivity index (χ1v) is 9.91. The number of likely N-dealkylation sites (tertiary alicyclic amines) is 2. The van der Waals surface area contributed by atoms with Crippen molar-refractivity contribution in [2.45, 2.75) is 26.2 Å². The van der Waals surface area contributed by atoms with Crippen LogP contribution in [0.1, 0.15) is 34.6 Å². The molecule has 0 saturated carbocycles. The molecule has 4 rings (SSSR count). The predicted molar refractivity (Wildman–Crippen MR) is 100 cm³/mol. The third-order valence-corrected chi connectivity index (χ3v) is 6.53. The van der Waals surface area contributed by atoms with Gasteiger partial charge in [0.05, 0.1) is 27.2 Å². The van der Waals surface area contributed by atoms with E-state index in [1.165, 1.54) is 0 Å². The molecule has 0 bridgehead atoms. The highest BCUT2D eigenvalue weighted by molar-refractivity contribution is 7.18. The lowest BCUT2D eigenvalue weighted by atomic mass is 9.78. The van der Waals surface area contributed by atoms with Crippen molar-refractivity contribution in [3.05, 3.63) is 28.8 Å². The SMILES string of the molecule is Cc1nc2cc(C(=O)N3CC[C@]4(CCCN(CCO)C4=O)C3)ccc2s1. The van der Waals surface area contributed by atoms with Gasteiger partial charge in [0, 0.05) is 31.7 Å². The Morgan fingerprint density at radius 2 is 2.19 bits per heavy atom. The number of aromatic nitrogens is 1. The summed E-state index contributed by atoms with van der Waals surface area (Å²) in [5.41, 5.74) is 1.02. The van der Waals surface area contributed by atoms with E-state index in [0.717, 1.165) is 28.1 Å². The molecule has 1 aromatic carbocycles. The summed E-state index contributed by atoms with van der Waals surface area (Å²) in [6.07, 6.45) is 2.46. The predicted octanol–water partition coefficient (Wildman–Crippen LogP) is 2.05. The fraction of sp³-hybridized carbons (Fsp3) is 0.526. The molecule has 2 aliphatic heterocycles. The Labute approximate surface area is 156 Å². The van der Waals surface area contributed by atoms with Crippen LogP contribution in [-0.4, -0.2) is 64.5 Å². The molecule has 2 aromatic rings. The van der Waals surface area contributed by atoms with E-state index in [-0.39, 0.29) is 18.4 Å². The highest BCUT2D eigenvalue weighted by atomic mass is 32.1. The average molecular weight is 373 g/mol. The van der Waals surface area contributed by atoms with E-state index in [4.69, 9.17) is 0 Å². The molecule has 1 spiro atoms. The second-order valence-electron chi connectivity index (χ2n) is 7.29. The van der Waals surface area contributed by atoms with Gasteiger partial charge < -0.3 is 14.9 Å². The number of benzene rings is 1. The van der Waals surface area contributed by atoms with Gasteiger partial charge in [-0.15, -0.1) is 11.3 Å². The van der Waals surface area contributed by atoms with E-state index in [1.54, 1.807) is 21.1 Å². The molecule has 7 heteroatoms. The number of thiazole rings is 1. The van der Waals surface area contributed by atoms with Crippen molar-refractivity contribution in [2.75, 3.05) is 32.8 Å². The van der Waals surface area contributed by atoms with E-state index in [0.29, 0.717) is 38.2 Å². The molecular formula is C19H23N3O3S. The zero-order chi connectivity index (χ0) is 18.3. The van der Waals surface area contributed by atoms with Crippen molar-refractivity contribution in [1.29, 1.82) is 0 Å². The number of aryl methyl sites for hydroxylation is 1. The Balaban J connectivity index is 1.53. The maximum Gasteiger partial charge on any atom is 0.253 e.